The molecule has 3 aliphatic heterocycles. The zero-order chi connectivity index (χ0) is 25.5. The quantitative estimate of drug-likeness (QED) is 0.409. The van der Waals surface area contributed by atoms with Gasteiger partial charge in [0.05, 0.1) is 30.7 Å². The average molecular weight is 504 g/mol. The van der Waals surface area contributed by atoms with E-state index in [1.165, 1.54) is 12.1 Å². The van der Waals surface area contributed by atoms with E-state index >= 15 is 0 Å². The van der Waals surface area contributed by atoms with E-state index in [-0.39, 0.29) is 24.0 Å². The van der Waals surface area contributed by atoms with Gasteiger partial charge in [0.25, 0.3) is 5.69 Å². The normalized spacial score (nSPS) is 22.3. The van der Waals surface area contributed by atoms with Crippen LogP contribution in [0.5, 0.6) is 0 Å². The van der Waals surface area contributed by atoms with Crippen LogP contribution >= 0.6 is 0 Å². The molecular weight excluding hydrogens is 474 g/mol. The number of carbonyl (C=O) groups is 2. The number of hydrogen-bond donors (Lipinski definition) is 1. The average Bonchev–Trinajstić information content (AvgIpc) is 3.29. The van der Waals surface area contributed by atoms with Crippen LogP contribution in [0.15, 0.2) is 48.5 Å². The van der Waals surface area contributed by atoms with Crippen molar-refractivity contribution in [1.29, 1.82) is 0 Å². The Balaban J connectivity index is 1.34. The van der Waals surface area contributed by atoms with Crippen LogP contribution in [0, 0.1) is 10.1 Å². The van der Waals surface area contributed by atoms with Crippen LogP contribution in [-0.4, -0.2) is 88.4 Å². The predicted molar refractivity (Wildman–Crippen MR) is 136 cm³/mol. The van der Waals surface area contributed by atoms with Crippen LogP contribution in [0.2, 0.25) is 0 Å². The summed E-state index contributed by atoms with van der Waals surface area (Å²) in [6, 6.07) is 13.0. The van der Waals surface area contributed by atoms with Gasteiger partial charge in [-0.1, -0.05) is 30.3 Å². The molecule has 10 nitrogen and oxygen atoms in total. The number of H-pyrrole nitrogens is 1. The molecule has 3 aromatic rings. The largest absolute Gasteiger partial charge is 0.379 e. The van der Waals surface area contributed by atoms with Crippen molar-refractivity contribution in [2.24, 2.45) is 0 Å². The first kappa shape index (κ1) is 23.6. The topological polar surface area (TPSA) is 112 Å². The summed E-state index contributed by atoms with van der Waals surface area (Å²) in [6.07, 6.45) is 1.20. The fourth-order valence-corrected chi connectivity index (χ4v) is 5.98. The van der Waals surface area contributed by atoms with Gasteiger partial charge in [0.2, 0.25) is 11.8 Å². The maximum absolute atomic E-state index is 13.8. The number of aromatic amines is 1. The number of amides is 2. The third kappa shape index (κ3) is 4.25. The first-order chi connectivity index (χ1) is 18.0. The Morgan fingerprint density at radius 1 is 1.05 bits per heavy atom. The Hall–Kier alpha value is -3.76. The van der Waals surface area contributed by atoms with Gasteiger partial charge in [-0.05, 0) is 23.6 Å². The molecule has 37 heavy (non-hydrogen) atoms. The van der Waals surface area contributed by atoms with Crippen molar-refractivity contribution < 1.29 is 19.2 Å². The van der Waals surface area contributed by atoms with Gasteiger partial charge in [0, 0.05) is 61.3 Å². The molecule has 2 amide bonds. The first-order valence-corrected chi connectivity index (χ1v) is 12.7. The molecule has 4 heterocycles. The van der Waals surface area contributed by atoms with Crippen LogP contribution in [0.3, 0.4) is 0 Å². The van der Waals surface area contributed by atoms with E-state index in [1.807, 2.05) is 24.3 Å². The second-order valence-corrected chi connectivity index (χ2v) is 9.91. The third-order valence-electron chi connectivity index (χ3n) is 7.75. The molecule has 10 heteroatoms. The number of hydrogen-bond acceptors (Lipinski definition) is 6. The number of ether oxygens (including phenoxy) is 1. The lowest BCUT2D eigenvalue weighted by molar-refractivity contribution is -0.384. The second-order valence-electron chi connectivity index (χ2n) is 9.91. The summed E-state index contributed by atoms with van der Waals surface area (Å²) in [6.45, 7) is 4.62. The molecule has 1 unspecified atom stereocenters. The van der Waals surface area contributed by atoms with E-state index in [0.29, 0.717) is 18.5 Å². The summed E-state index contributed by atoms with van der Waals surface area (Å²) < 4.78 is 5.41. The molecule has 2 fully saturated rings. The fourth-order valence-electron chi connectivity index (χ4n) is 5.98. The van der Waals surface area contributed by atoms with Crippen molar-refractivity contribution in [3.05, 3.63) is 75.5 Å². The van der Waals surface area contributed by atoms with Gasteiger partial charge in [-0.3, -0.25) is 24.6 Å². The van der Waals surface area contributed by atoms with Gasteiger partial charge < -0.3 is 19.5 Å². The number of nitro benzene ring substituents is 1. The number of non-ortho nitro benzene ring substituents is 1. The molecule has 0 spiro atoms. The van der Waals surface area contributed by atoms with Gasteiger partial charge >= 0.3 is 0 Å². The minimum absolute atomic E-state index is 0.0133. The van der Waals surface area contributed by atoms with Crippen molar-refractivity contribution >= 4 is 28.4 Å². The van der Waals surface area contributed by atoms with Crippen molar-refractivity contribution in [2.45, 2.75) is 24.9 Å². The Labute approximate surface area is 213 Å². The molecule has 0 aliphatic carbocycles. The maximum Gasteiger partial charge on any atom is 0.269 e. The van der Waals surface area contributed by atoms with Gasteiger partial charge in [-0.25, -0.2) is 0 Å². The van der Waals surface area contributed by atoms with E-state index in [4.69, 9.17) is 4.74 Å². The van der Waals surface area contributed by atoms with E-state index in [9.17, 15) is 19.7 Å². The lowest BCUT2D eigenvalue weighted by atomic mass is 9.86. The maximum atomic E-state index is 13.8. The first-order valence-electron chi connectivity index (χ1n) is 12.7. The predicted octanol–water partition coefficient (Wildman–Crippen LogP) is 2.48. The Kier molecular flexibility index (Phi) is 6.13. The van der Waals surface area contributed by atoms with Gasteiger partial charge in [-0.15, -0.1) is 0 Å². The Bertz CT molecular complexity index is 1360. The Morgan fingerprint density at radius 3 is 2.68 bits per heavy atom. The molecule has 192 valence electrons. The molecular formula is C27H29N5O5. The number of benzene rings is 2. The number of para-hydroxylation sites is 1. The SMILES string of the molecule is O=C1[C@H]2Cc3c([nH]c4ccccc34)C(c3cccc([N+](=O)[O-])c3)N2C(=O)CN1CCCN1CCOCC1. The standard InChI is InChI=1S/C27H29N5O5/c33-24-17-30(10-4-9-29-11-13-37-14-12-29)27(34)23-16-21-20-7-1-2-8-22(20)28-25(21)26(31(23)24)18-5-3-6-19(15-18)32(35)36/h1-3,5-8,15,23,26,28H,4,9-14,16-17H2/t23-,26?/m1/s1. The minimum Gasteiger partial charge on any atom is -0.379 e. The third-order valence-corrected chi connectivity index (χ3v) is 7.75. The molecule has 2 atom stereocenters. The fraction of sp³-hybridized carbons (Fsp3) is 0.407. The molecule has 0 saturated carbocycles. The number of fused-ring (bicyclic) bond motifs is 4. The lowest BCUT2D eigenvalue weighted by Gasteiger charge is -2.47. The minimum atomic E-state index is -0.652. The highest BCUT2D eigenvalue weighted by Gasteiger charge is 2.48. The van der Waals surface area contributed by atoms with Gasteiger partial charge in [0.15, 0.2) is 0 Å². The molecule has 0 radical (unpaired) electrons. The molecule has 1 aromatic heterocycles. The number of nitrogens with one attached hydrogen (secondary N) is 1. The number of nitrogens with zero attached hydrogens (tertiary/aromatic N) is 4. The number of piperazine rings is 1. The van der Waals surface area contributed by atoms with Crippen LogP contribution < -0.4 is 0 Å². The highest BCUT2D eigenvalue weighted by molar-refractivity contribution is 5.97. The molecule has 0 bridgehead atoms. The van der Waals surface area contributed by atoms with Crippen LogP contribution in [0.4, 0.5) is 5.69 Å². The van der Waals surface area contributed by atoms with Crippen LogP contribution in [-0.2, 0) is 20.7 Å². The summed E-state index contributed by atoms with van der Waals surface area (Å²) in [5.41, 5.74) is 3.31. The molecule has 6 rings (SSSR count). The summed E-state index contributed by atoms with van der Waals surface area (Å²) in [5.74, 6) is -0.204. The number of carbonyl (C=O) groups excluding carboxylic acids is 2. The van der Waals surface area contributed by atoms with E-state index < -0.39 is 17.0 Å². The monoisotopic (exact) mass is 503 g/mol. The van der Waals surface area contributed by atoms with Gasteiger partial charge in [0.1, 0.15) is 6.04 Å². The van der Waals surface area contributed by atoms with Crippen LogP contribution in [0.1, 0.15) is 29.3 Å². The molecule has 2 saturated heterocycles. The zero-order valence-corrected chi connectivity index (χ0v) is 20.5. The second kappa shape index (κ2) is 9.60. The van der Waals surface area contributed by atoms with Crippen molar-refractivity contribution in [3.63, 3.8) is 0 Å². The smallest absolute Gasteiger partial charge is 0.269 e. The summed E-state index contributed by atoms with van der Waals surface area (Å²) in [4.78, 5) is 47.6. The van der Waals surface area contributed by atoms with Crippen molar-refractivity contribution in [2.75, 3.05) is 45.9 Å². The van der Waals surface area contributed by atoms with E-state index in [1.54, 1.807) is 21.9 Å². The number of morpholine rings is 1. The molecule has 1 N–H and O–H groups in total. The number of rotatable bonds is 6. The number of nitro groups is 1. The van der Waals surface area contributed by atoms with E-state index in [0.717, 1.165) is 61.4 Å². The van der Waals surface area contributed by atoms with E-state index in [2.05, 4.69) is 9.88 Å². The summed E-state index contributed by atoms with van der Waals surface area (Å²) in [5, 5.41) is 12.5. The molecule has 2 aromatic carbocycles. The summed E-state index contributed by atoms with van der Waals surface area (Å²) >= 11 is 0. The number of aromatic nitrogens is 1. The Morgan fingerprint density at radius 2 is 1.86 bits per heavy atom. The van der Waals surface area contributed by atoms with Crippen LogP contribution in [0.25, 0.3) is 10.9 Å². The highest BCUT2D eigenvalue weighted by Crippen LogP contribution is 2.43. The van der Waals surface area contributed by atoms with Crippen molar-refractivity contribution in [1.82, 2.24) is 19.7 Å². The zero-order valence-electron chi connectivity index (χ0n) is 20.5. The lowest BCUT2D eigenvalue weighted by Crippen LogP contribution is -2.63. The van der Waals surface area contributed by atoms with Crippen molar-refractivity contribution in [3.8, 4) is 0 Å². The summed E-state index contributed by atoms with van der Waals surface area (Å²) in [7, 11) is 0. The molecule has 3 aliphatic rings. The highest BCUT2D eigenvalue weighted by atomic mass is 16.6. The van der Waals surface area contributed by atoms with Gasteiger partial charge in [-0.2, -0.15) is 0 Å².